The van der Waals surface area contributed by atoms with Gasteiger partial charge >= 0.3 is 5.97 Å². The molecule has 0 spiro atoms. The van der Waals surface area contributed by atoms with Crippen LogP contribution in [-0.4, -0.2) is 22.1 Å². The van der Waals surface area contributed by atoms with Gasteiger partial charge in [-0.15, -0.1) is 0 Å². The van der Waals surface area contributed by atoms with Crippen molar-refractivity contribution in [2.45, 2.75) is 39.2 Å². The molecule has 1 heterocycles. The van der Waals surface area contributed by atoms with Gasteiger partial charge < -0.3 is 14.8 Å². The molecular weight excluding hydrogens is 208 g/mol. The molecule has 0 amide bonds. The summed E-state index contributed by atoms with van der Waals surface area (Å²) in [5, 5.41) is 11.8. The first-order valence-corrected chi connectivity index (χ1v) is 5.42. The molecule has 1 unspecified atom stereocenters. The predicted molar refractivity (Wildman–Crippen MR) is 58.5 cm³/mol. The zero-order chi connectivity index (χ0) is 11.8. The molecule has 1 aliphatic rings. The Morgan fingerprint density at radius 2 is 2.44 bits per heavy atom. The van der Waals surface area contributed by atoms with Crippen molar-refractivity contribution in [1.29, 1.82) is 0 Å². The van der Waals surface area contributed by atoms with Gasteiger partial charge in [-0.05, 0) is 24.7 Å². The van der Waals surface area contributed by atoms with Gasteiger partial charge in [0.05, 0.1) is 0 Å². The average molecular weight is 224 g/mol. The van der Waals surface area contributed by atoms with E-state index in [1.165, 1.54) is 0 Å². The molecule has 1 fully saturated rings. The van der Waals surface area contributed by atoms with Gasteiger partial charge in [-0.1, -0.05) is 13.8 Å². The van der Waals surface area contributed by atoms with Crippen LogP contribution in [0.25, 0.3) is 0 Å². The number of carboxylic acid groups (broad SMARTS) is 1. The third-order valence-electron chi connectivity index (χ3n) is 3.02. The number of carbonyl (C=O) groups is 1. The van der Waals surface area contributed by atoms with Gasteiger partial charge in [0.2, 0.25) is 0 Å². The summed E-state index contributed by atoms with van der Waals surface area (Å²) < 4.78 is 5.05. The van der Waals surface area contributed by atoms with Gasteiger partial charge in [0.1, 0.15) is 6.26 Å². The maximum Gasteiger partial charge on any atom is 0.357 e. The smallest absolute Gasteiger partial charge is 0.357 e. The number of nitrogens with zero attached hydrogens (tertiary/aromatic N) is 1. The number of anilines is 1. The monoisotopic (exact) mass is 224 g/mol. The van der Waals surface area contributed by atoms with Crippen molar-refractivity contribution in [2.75, 3.05) is 5.32 Å². The standard InChI is InChI=1S/C11H16N2O3/c1-11(2)4-3-7(5-11)12-10-13-8(6-16-10)9(14)15/h6-7H,3-5H2,1-2H3,(H,12,13)(H,14,15). The number of oxazole rings is 1. The maximum absolute atomic E-state index is 10.6. The SMILES string of the molecule is CC1(C)CCC(Nc2nc(C(=O)O)co2)C1. The first-order chi connectivity index (χ1) is 7.46. The van der Waals surface area contributed by atoms with Crippen LogP contribution in [0.2, 0.25) is 0 Å². The molecule has 16 heavy (non-hydrogen) atoms. The Hall–Kier alpha value is -1.52. The fraction of sp³-hybridized carbons (Fsp3) is 0.636. The highest BCUT2D eigenvalue weighted by Crippen LogP contribution is 2.38. The van der Waals surface area contributed by atoms with Crippen LogP contribution in [0.5, 0.6) is 0 Å². The van der Waals surface area contributed by atoms with Crippen LogP contribution in [-0.2, 0) is 0 Å². The van der Waals surface area contributed by atoms with Gasteiger partial charge in [0, 0.05) is 6.04 Å². The third-order valence-corrected chi connectivity index (χ3v) is 3.02. The highest BCUT2D eigenvalue weighted by molar-refractivity contribution is 5.85. The van der Waals surface area contributed by atoms with E-state index in [9.17, 15) is 4.79 Å². The molecule has 1 aromatic heterocycles. The number of hydrogen-bond donors (Lipinski definition) is 2. The molecule has 0 saturated heterocycles. The van der Waals surface area contributed by atoms with E-state index in [0.717, 1.165) is 25.5 Å². The Labute approximate surface area is 93.9 Å². The van der Waals surface area contributed by atoms with Crippen LogP contribution in [0.4, 0.5) is 6.01 Å². The molecule has 0 aliphatic heterocycles. The van der Waals surface area contributed by atoms with E-state index in [0.29, 0.717) is 17.5 Å². The highest BCUT2D eigenvalue weighted by Gasteiger charge is 2.31. The van der Waals surface area contributed by atoms with Gasteiger partial charge in [0.25, 0.3) is 6.01 Å². The van der Waals surface area contributed by atoms with Gasteiger partial charge in [-0.25, -0.2) is 4.79 Å². The fourth-order valence-electron chi connectivity index (χ4n) is 2.17. The zero-order valence-corrected chi connectivity index (χ0v) is 9.49. The highest BCUT2D eigenvalue weighted by atomic mass is 16.4. The minimum atomic E-state index is -1.07. The molecule has 1 aliphatic carbocycles. The Morgan fingerprint density at radius 3 is 2.94 bits per heavy atom. The molecule has 5 nitrogen and oxygen atoms in total. The largest absolute Gasteiger partial charge is 0.476 e. The third kappa shape index (κ3) is 2.35. The van der Waals surface area contributed by atoms with E-state index < -0.39 is 5.97 Å². The van der Waals surface area contributed by atoms with Crippen molar-refractivity contribution < 1.29 is 14.3 Å². The van der Waals surface area contributed by atoms with Crippen LogP contribution >= 0.6 is 0 Å². The van der Waals surface area contributed by atoms with Crippen LogP contribution < -0.4 is 5.32 Å². The summed E-state index contributed by atoms with van der Waals surface area (Å²) in [6.45, 7) is 4.46. The summed E-state index contributed by atoms with van der Waals surface area (Å²) in [5.74, 6) is -1.07. The first kappa shape index (κ1) is 11.0. The van der Waals surface area contributed by atoms with Crippen molar-refractivity contribution in [2.24, 2.45) is 5.41 Å². The topological polar surface area (TPSA) is 75.4 Å². The van der Waals surface area contributed by atoms with Crippen molar-refractivity contribution >= 4 is 12.0 Å². The second kappa shape index (κ2) is 3.81. The first-order valence-electron chi connectivity index (χ1n) is 5.42. The zero-order valence-electron chi connectivity index (χ0n) is 9.49. The number of nitrogens with one attached hydrogen (secondary N) is 1. The lowest BCUT2D eigenvalue weighted by molar-refractivity contribution is 0.0690. The normalized spacial score (nSPS) is 23.2. The second-order valence-electron chi connectivity index (χ2n) is 5.09. The molecule has 2 N–H and O–H groups in total. The van der Waals surface area contributed by atoms with E-state index >= 15 is 0 Å². The van der Waals surface area contributed by atoms with E-state index in [1.807, 2.05) is 0 Å². The molecule has 1 atom stereocenters. The quantitative estimate of drug-likeness (QED) is 0.824. The summed E-state index contributed by atoms with van der Waals surface area (Å²) in [7, 11) is 0. The minimum Gasteiger partial charge on any atom is -0.476 e. The lowest BCUT2D eigenvalue weighted by Gasteiger charge is -2.16. The number of carboxylic acids is 1. The summed E-state index contributed by atoms with van der Waals surface area (Å²) in [6, 6.07) is 0.635. The van der Waals surface area contributed by atoms with E-state index in [2.05, 4.69) is 24.1 Å². The van der Waals surface area contributed by atoms with Crippen molar-refractivity contribution in [3.05, 3.63) is 12.0 Å². The number of rotatable bonds is 3. The second-order valence-corrected chi connectivity index (χ2v) is 5.09. The van der Waals surface area contributed by atoms with Gasteiger partial charge in [0.15, 0.2) is 5.69 Å². The van der Waals surface area contributed by atoms with E-state index in [1.54, 1.807) is 0 Å². The van der Waals surface area contributed by atoms with Crippen LogP contribution in [0.1, 0.15) is 43.6 Å². The van der Waals surface area contributed by atoms with E-state index in [4.69, 9.17) is 9.52 Å². The molecule has 0 aromatic carbocycles. The number of aromatic nitrogens is 1. The van der Waals surface area contributed by atoms with Crippen molar-refractivity contribution in [1.82, 2.24) is 4.98 Å². The van der Waals surface area contributed by atoms with Gasteiger partial charge in [-0.2, -0.15) is 4.98 Å². The Balaban J connectivity index is 1.97. The molecular formula is C11H16N2O3. The summed E-state index contributed by atoms with van der Waals surface area (Å²) in [6.07, 6.45) is 4.44. The lowest BCUT2D eigenvalue weighted by Crippen LogP contribution is -2.17. The van der Waals surface area contributed by atoms with Crippen LogP contribution in [0.15, 0.2) is 10.7 Å². The maximum atomic E-state index is 10.6. The molecule has 2 rings (SSSR count). The molecule has 1 aromatic rings. The van der Waals surface area contributed by atoms with Crippen molar-refractivity contribution in [3.63, 3.8) is 0 Å². The van der Waals surface area contributed by atoms with Crippen LogP contribution in [0.3, 0.4) is 0 Å². The van der Waals surface area contributed by atoms with Crippen LogP contribution in [0, 0.1) is 5.41 Å². The van der Waals surface area contributed by atoms with Crippen molar-refractivity contribution in [3.8, 4) is 0 Å². The molecule has 88 valence electrons. The Bertz CT molecular complexity index is 398. The summed E-state index contributed by atoms with van der Waals surface area (Å²) in [4.78, 5) is 14.4. The van der Waals surface area contributed by atoms with E-state index in [-0.39, 0.29) is 5.69 Å². The lowest BCUT2D eigenvalue weighted by atomic mass is 9.92. The average Bonchev–Trinajstić information content (AvgIpc) is 2.73. The van der Waals surface area contributed by atoms with Gasteiger partial charge in [-0.3, -0.25) is 0 Å². The Kier molecular flexibility index (Phi) is 2.61. The number of aromatic carboxylic acids is 1. The molecule has 1 saturated carbocycles. The summed E-state index contributed by atoms with van der Waals surface area (Å²) in [5.41, 5.74) is 0.291. The Morgan fingerprint density at radius 1 is 1.69 bits per heavy atom. The number of hydrogen-bond acceptors (Lipinski definition) is 4. The molecule has 5 heteroatoms. The molecule has 0 bridgehead atoms. The summed E-state index contributed by atoms with van der Waals surface area (Å²) >= 11 is 0. The fourth-order valence-corrected chi connectivity index (χ4v) is 2.17. The molecule has 0 radical (unpaired) electrons. The minimum absolute atomic E-state index is 0.0558. The predicted octanol–water partition coefficient (Wildman–Crippen LogP) is 2.36.